The van der Waals surface area contributed by atoms with Crippen molar-refractivity contribution < 1.29 is 27.5 Å². The third-order valence-electron chi connectivity index (χ3n) is 2.75. The number of carbonyl (C=O) groups excluding carboxylic acids is 3. The largest absolute Gasteiger partial charge is 0.452 e. The summed E-state index contributed by atoms with van der Waals surface area (Å²) in [6, 6.07) is 2.77. The lowest BCUT2D eigenvalue weighted by molar-refractivity contribution is -0.123. The number of ether oxygens (including phenoxy) is 1. The highest BCUT2D eigenvalue weighted by Crippen LogP contribution is 2.22. The number of rotatable bonds is 5. The molecule has 9 nitrogen and oxygen atoms in total. The Balaban J connectivity index is 2.92. The van der Waals surface area contributed by atoms with E-state index in [4.69, 9.17) is 16.3 Å². The molecular weight excluding hydrogens is 362 g/mol. The molecule has 0 aliphatic carbocycles. The Hall–Kier alpha value is -2.17. The molecular formula is C13H16ClN3O6S. The van der Waals surface area contributed by atoms with Gasteiger partial charge in [-0.15, -0.1) is 0 Å². The number of urea groups is 1. The van der Waals surface area contributed by atoms with Crippen LogP contribution in [0.25, 0.3) is 0 Å². The van der Waals surface area contributed by atoms with Crippen molar-refractivity contribution in [2.45, 2.75) is 4.90 Å². The molecule has 1 aromatic carbocycles. The highest BCUT2D eigenvalue weighted by Gasteiger charge is 2.22. The number of halogens is 1. The Kier molecular flexibility index (Phi) is 6.70. The van der Waals surface area contributed by atoms with Crippen molar-refractivity contribution in [3.8, 4) is 0 Å². The molecule has 0 aliphatic heterocycles. The molecule has 2 N–H and O–H groups in total. The molecule has 0 unspecified atom stereocenters. The number of sulfonamides is 1. The van der Waals surface area contributed by atoms with Crippen molar-refractivity contribution in [2.75, 3.05) is 27.7 Å². The van der Waals surface area contributed by atoms with Crippen LogP contribution >= 0.6 is 11.6 Å². The first-order valence-electron chi connectivity index (χ1n) is 6.50. The summed E-state index contributed by atoms with van der Waals surface area (Å²) >= 11 is 5.87. The summed E-state index contributed by atoms with van der Waals surface area (Å²) in [6.07, 6.45) is 0. The predicted molar refractivity (Wildman–Crippen MR) is 85.2 cm³/mol. The van der Waals surface area contributed by atoms with Crippen LogP contribution in [-0.2, 0) is 19.6 Å². The van der Waals surface area contributed by atoms with Gasteiger partial charge in [0, 0.05) is 21.1 Å². The Morgan fingerprint density at radius 3 is 2.42 bits per heavy atom. The highest BCUT2D eigenvalue weighted by atomic mass is 35.5. The van der Waals surface area contributed by atoms with Gasteiger partial charge in [0.15, 0.2) is 6.61 Å². The lowest BCUT2D eigenvalue weighted by atomic mass is 10.2. The van der Waals surface area contributed by atoms with Crippen LogP contribution in [-0.4, -0.2) is 58.4 Å². The summed E-state index contributed by atoms with van der Waals surface area (Å²) in [5.74, 6) is -1.85. The van der Waals surface area contributed by atoms with Crippen LogP contribution in [0.3, 0.4) is 0 Å². The second-order valence-corrected chi connectivity index (χ2v) is 7.19. The normalized spacial score (nSPS) is 11.0. The van der Waals surface area contributed by atoms with Crippen LogP contribution < -0.4 is 10.6 Å². The van der Waals surface area contributed by atoms with Gasteiger partial charge in [-0.3, -0.25) is 10.1 Å². The average molecular weight is 378 g/mol. The van der Waals surface area contributed by atoms with E-state index in [-0.39, 0.29) is 15.5 Å². The first kappa shape index (κ1) is 19.9. The smallest absolute Gasteiger partial charge is 0.340 e. The molecule has 0 fully saturated rings. The third-order valence-corrected chi connectivity index (χ3v) is 4.89. The summed E-state index contributed by atoms with van der Waals surface area (Å²) in [7, 11) is 0.222. The second-order valence-electron chi connectivity index (χ2n) is 4.63. The Morgan fingerprint density at radius 1 is 1.25 bits per heavy atom. The van der Waals surface area contributed by atoms with Crippen LogP contribution in [0.15, 0.2) is 23.1 Å². The molecule has 0 aromatic heterocycles. The SMILES string of the molecule is CNC(=O)NC(=O)COC(=O)c1cc(S(=O)(=O)N(C)C)ccc1Cl. The first-order valence-corrected chi connectivity index (χ1v) is 8.32. The van der Waals surface area contributed by atoms with Gasteiger partial charge >= 0.3 is 12.0 Å². The molecule has 0 saturated heterocycles. The van der Waals surface area contributed by atoms with E-state index in [1.54, 1.807) is 0 Å². The fourth-order valence-electron chi connectivity index (χ4n) is 1.47. The summed E-state index contributed by atoms with van der Waals surface area (Å²) in [5, 5.41) is 4.02. The van der Waals surface area contributed by atoms with Gasteiger partial charge < -0.3 is 10.1 Å². The molecule has 0 spiro atoms. The summed E-state index contributed by atoms with van der Waals surface area (Å²) < 4.78 is 29.8. The van der Waals surface area contributed by atoms with Crippen molar-refractivity contribution in [1.82, 2.24) is 14.9 Å². The van der Waals surface area contributed by atoms with Gasteiger partial charge in [0.1, 0.15) is 0 Å². The van der Waals surface area contributed by atoms with Crippen LogP contribution in [0.5, 0.6) is 0 Å². The number of carbonyl (C=O) groups is 3. The minimum absolute atomic E-state index is 0.0376. The molecule has 24 heavy (non-hydrogen) atoms. The van der Waals surface area contributed by atoms with E-state index < -0.39 is 34.5 Å². The fourth-order valence-corrected chi connectivity index (χ4v) is 2.59. The number of hydrogen-bond donors (Lipinski definition) is 2. The van der Waals surface area contributed by atoms with Gasteiger partial charge in [0.05, 0.1) is 15.5 Å². The third kappa shape index (κ3) is 4.91. The minimum atomic E-state index is -3.77. The van der Waals surface area contributed by atoms with Crippen molar-refractivity contribution >= 4 is 39.5 Å². The minimum Gasteiger partial charge on any atom is -0.452 e. The predicted octanol–water partition coefficient (Wildman–Crippen LogP) is 0.203. The van der Waals surface area contributed by atoms with Crippen molar-refractivity contribution in [3.05, 3.63) is 28.8 Å². The summed E-state index contributed by atoms with van der Waals surface area (Å²) in [5.41, 5.74) is -0.215. The van der Waals surface area contributed by atoms with Crippen molar-refractivity contribution in [2.24, 2.45) is 0 Å². The molecule has 3 amide bonds. The molecule has 11 heteroatoms. The van der Waals surface area contributed by atoms with Gasteiger partial charge in [0.2, 0.25) is 10.0 Å². The Bertz CT molecular complexity index is 763. The van der Waals surface area contributed by atoms with Gasteiger partial charge in [-0.25, -0.2) is 22.3 Å². The summed E-state index contributed by atoms with van der Waals surface area (Å²) in [4.78, 5) is 34.1. The Labute approximate surface area is 144 Å². The zero-order chi connectivity index (χ0) is 18.5. The molecule has 0 atom stereocenters. The van der Waals surface area contributed by atoms with E-state index in [0.29, 0.717) is 0 Å². The molecule has 0 aliphatic rings. The molecule has 1 rings (SSSR count). The standard InChI is InChI=1S/C13H16ClN3O6S/c1-15-13(20)16-11(18)7-23-12(19)9-6-8(4-5-10(9)14)24(21,22)17(2)3/h4-6H,7H2,1-3H3,(H2,15,16,18,20). The number of esters is 1. The van der Waals surface area contributed by atoms with Crippen LogP contribution in [0.4, 0.5) is 4.79 Å². The Morgan fingerprint density at radius 2 is 1.88 bits per heavy atom. The van der Waals surface area contributed by atoms with E-state index >= 15 is 0 Å². The van der Waals surface area contributed by atoms with Gasteiger partial charge in [-0.1, -0.05) is 11.6 Å². The number of hydrogen-bond acceptors (Lipinski definition) is 6. The second kappa shape index (κ2) is 8.08. The maximum atomic E-state index is 12.1. The van der Waals surface area contributed by atoms with E-state index in [2.05, 4.69) is 5.32 Å². The molecule has 0 radical (unpaired) electrons. The zero-order valence-corrected chi connectivity index (χ0v) is 14.7. The number of benzene rings is 1. The monoisotopic (exact) mass is 377 g/mol. The van der Waals surface area contributed by atoms with Crippen molar-refractivity contribution in [1.29, 1.82) is 0 Å². The molecule has 0 saturated carbocycles. The first-order chi connectivity index (χ1) is 11.1. The summed E-state index contributed by atoms with van der Waals surface area (Å²) in [6.45, 7) is -0.729. The maximum Gasteiger partial charge on any atom is 0.340 e. The number of amides is 3. The maximum absolute atomic E-state index is 12.1. The van der Waals surface area contributed by atoms with Gasteiger partial charge in [-0.2, -0.15) is 0 Å². The fraction of sp³-hybridized carbons (Fsp3) is 0.308. The number of imide groups is 1. The lowest BCUT2D eigenvalue weighted by Gasteiger charge is -2.13. The highest BCUT2D eigenvalue weighted by molar-refractivity contribution is 7.89. The van der Waals surface area contributed by atoms with Gasteiger partial charge in [-0.05, 0) is 18.2 Å². The lowest BCUT2D eigenvalue weighted by Crippen LogP contribution is -2.39. The zero-order valence-electron chi connectivity index (χ0n) is 13.1. The number of nitrogens with one attached hydrogen (secondary N) is 2. The van der Waals surface area contributed by atoms with Crippen LogP contribution in [0.1, 0.15) is 10.4 Å². The van der Waals surface area contributed by atoms with Crippen molar-refractivity contribution in [3.63, 3.8) is 0 Å². The van der Waals surface area contributed by atoms with Crippen LogP contribution in [0, 0.1) is 0 Å². The topological polar surface area (TPSA) is 122 Å². The quantitative estimate of drug-likeness (QED) is 0.707. The molecule has 1 aromatic rings. The molecule has 0 heterocycles. The van der Waals surface area contributed by atoms with Crippen LogP contribution in [0.2, 0.25) is 5.02 Å². The van der Waals surface area contributed by atoms with E-state index in [0.717, 1.165) is 10.4 Å². The van der Waals surface area contributed by atoms with E-state index in [1.165, 1.54) is 33.3 Å². The van der Waals surface area contributed by atoms with E-state index in [9.17, 15) is 22.8 Å². The van der Waals surface area contributed by atoms with E-state index in [1.807, 2.05) is 5.32 Å². The van der Waals surface area contributed by atoms with Gasteiger partial charge in [0.25, 0.3) is 5.91 Å². The molecule has 132 valence electrons. The average Bonchev–Trinajstić information content (AvgIpc) is 2.52. The molecule has 0 bridgehead atoms. The number of nitrogens with zero attached hydrogens (tertiary/aromatic N) is 1.